The van der Waals surface area contributed by atoms with Gasteiger partial charge in [0.05, 0.1) is 12.6 Å². The second kappa shape index (κ2) is 8.61. The lowest BCUT2D eigenvalue weighted by molar-refractivity contribution is 0.0823. The molecule has 0 radical (unpaired) electrons. The number of imidazole rings is 1. The van der Waals surface area contributed by atoms with Gasteiger partial charge in [-0.3, -0.25) is 4.90 Å². The quantitative estimate of drug-likeness (QED) is 0.839. The first-order chi connectivity index (χ1) is 12.1. The largest absolute Gasteiger partial charge is 0.387 e. The van der Waals surface area contributed by atoms with E-state index in [4.69, 9.17) is 0 Å². The number of rotatable bonds is 7. The van der Waals surface area contributed by atoms with Crippen LogP contribution in [0.3, 0.4) is 0 Å². The van der Waals surface area contributed by atoms with Crippen LogP contribution < -0.4 is 0 Å². The van der Waals surface area contributed by atoms with E-state index in [2.05, 4.69) is 26.4 Å². The lowest BCUT2D eigenvalue weighted by atomic mass is 9.95. The monoisotopic (exact) mass is 342 g/mol. The topological polar surface area (TPSA) is 44.5 Å². The molecule has 2 heterocycles. The molecular weight excluding hydrogens is 312 g/mol. The van der Waals surface area contributed by atoms with Crippen molar-refractivity contribution in [1.82, 2.24) is 19.4 Å². The Bertz CT molecular complexity index is 634. The minimum absolute atomic E-state index is 0.385. The number of aryl methyl sites for hydroxylation is 1. The smallest absolute Gasteiger partial charge is 0.122 e. The van der Waals surface area contributed by atoms with Crippen molar-refractivity contribution < 1.29 is 5.11 Å². The van der Waals surface area contributed by atoms with Crippen LogP contribution in [0.5, 0.6) is 0 Å². The normalized spacial score (nSPS) is 17.9. The Morgan fingerprint density at radius 2 is 1.96 bits per heavy atom. The molecule has 1 atom stereocenters. The van der Waals surface area contributed by atoms with E-state index in [-0.39, 0.29) is 6.10 Å². The van der Waals surface area contributed by atoms with Crippen molar-refractivity contribution in [3.63, 3.8) is 0 Å². The highest BCUT2D eigenvalue weighted by Gasteiger charge is 2.22. The zero-order valence-electron chi connectivity index (χ0n) is 15.4. The lowest BCUT2D eigenvalue weighted by Crippen LogP contribution is -2.39. The fourth-order valence-corrected chi connectivity index (χ4v) is 3.67. The maximum absolute atomic E-state index is 10.4. The molecule has 2 aromatic rings. The maximum Gasteiger partial charge on any atom is 0.122 e. The number of piperidine rings is 1. The molecular formula is C20H30N4O. The number of β-amino-alcohol motifs (C(OH)–C–C–N with tert-alkyl or cyclic N) is 1. The second-order valence-corrected chi connectivity index (χ2v) is 7.32. The highest BCUT2D eigenvalue weighted by atomic mass is 16.3. The van der Waals surface area contributed by atoms with E-state index in [9.17, 15) is 5.11 Å². The molecule has 25 heavy (non-hydrogen) atoms. The number of hydrogen-bond acceptors (Lipinski definition) is 4. The van der Waals surface area contributed by atoms with Crippen molar-refractivity contribution in [1.29, 1.82) is 0 Å². The van der Waals surface area contributed by atoms with E-state index < -0.39 is 0 Å². The number of aliphatic hydroxyl groups is 1. The highest BCUT2D eigenvalue weighted by Crippen LogP contribution is 2.21. The first-order valence-corrected chi connectivity index (χ1v) is 9.22. The fraction of sp³-hybridized carbons (Fsp3) is 0.550. The van der Waals surface area contributed by atoms with Gasteiger partial charge in [0.2, 0.25) is 0 Å². The molecule has 0 amide bonds. The molecule has 3 rings (SSSR count). The summed E-state index contributed by atoms with van der Waals surface area (Å²) in [5.74, 6) is 1.85. The van der Waals surface area contributed by atoms with Crippen molar-refractivity contribution in [3.8, 4) is 0 Å². The summed E-state index contributed by atoms with van der Waals surface area (Å²) in [5, 5.41) is 10.4. The van der Waals surface area contributed by atoms with E-state index in [1.165, 1.54) is 12.8 Å². The Hall–Kier alpha value is -1.69. The van der Waals surface area contributed by atoms with Gasteiger partial charge in [0.15, 0.2) is 0 Å². The molecule has 1 fully saturated rings. The minimum atomic E-state index is -0.385. The van der Waals surface area contributed by atoms with Gasteiger partial charge in [0.25, 0.3) is 0 Å². The van der Waals surface area contributed by atoms with E-state index in [0.29, 0.717) is 0 Å². The van der Waals surface area contributed by atoms with Gasteiger partial charge in [-0.1, -0.05) is 30.3 Å². The van der Waals surface area contributed by atoms with Crippen LogP contribution in [-0.4, -0.2) is 57.7 Å². The summed E-state index contributed by atoms with van der Waals surface area (Å²) in [6, 6.07) is 9.97. The molecule has 136 valence electrons. The number of hydrogen-bond donors (Lipinski definition) is 1. The predicted octanol–water partition coefficient (Wildman–Crippen LogP) is 2.30. The standard InChI is InChI=1S/C20H30N4O/c1-22(16-20-21-10-13-23(20)2)14-17-8-11-24(12-9-17)15-19(25)18-6-4-3-5-7-18/h3-7,10,13,17,19,25H,8-9,11-12,14-16H2,1-2H3. The van der Waals surface area contributed by atoms with E-state index in [0.717, 1.165) is 50.0 Å². The van der Waals surface area contributed by atoms with Gasteiger partial charge in [0.1, 0.15) is 5.82 Å². The Labute approximate surface area is 150 Å². The van der Waals surface area contributed by atoms with Gasteiger partial charge in [-0.25, -0.2) is 4.98 Å². The molecule has 1 N–H and O–H groups in total. The Kier molecular flexibility index (Phi) is 6.24. The zero-order chi connectivity index (χ0) is 17.6. The van der Waals surface area contributed by atoms with E-state index >= 15 is 0 Å². The van der Waals surface area contributed by atoms with E-state index in [1.807, 2.05) is 49.8 Å². The third-order valence-corrected chi connectivity index (χ3v) is 5.22. The van der Waals surface area contributed by atoms with Crippen molar-refractivity contribution >= 4 is 0 Å². The molecule has 1 aliphatic heterocycles. The summed E-state index contributed by atoms with van der Waals surface area (Å²) >= 11 is 0. The van der Waals surface area contributed by atoms with Crippen LogP contribution in [-0.2, 0) is 13.6 Å². The summed E-state index contributed by atoms with van der Waals surface area (Å²) in [6.07, 6.45) is 5.88. The molecule has 1 saturated heterocycles. The molecule has 1 unspecified atom stereocenters. The molecule has 0 aliphatic carbocycles. The Balaban J connectivity index is 1.40. The van der Waals surface area contributed by atoms with Gasteiger partial charge < -0.3 is 14.6 Å². The first kappa shape index (κ1) is 18.1. The van der Waals surface area contributed by atoms with Gasteiger partial charge in [0, 0.05) is 32.5 Å². The maximum atomic E-state index is 10.4. The van der Waals surface area contributed by atoms with Crippen LogP contribution >= 0.6 is 0 Å². The molecule has 1 aromatic heterocycles. The predicted molar refractivity (Wildman–Crippen MR) is 100 cm³/mol. The molecule has 0 spiro atoms. The third-order valence-electron chi connectivity index (χ3n) is 5.22. The summed E-state index contributed by atoms with van der Waals surface area (Å²) in [7, 11) is 4.23. The fourth-order valence-electron chi connectivity index (χ4n) is 3.67. The van der Waals surface area contributed by atoms with Crippen LogP contribution in [0.4, 0.5) is 0 Å². The second-order valence-electron chi connectivity index (χ2n) is 7.32. The van der Waals surface area contributed by atoms with Gasteiger partial charge >= 0.3 is 0 Å². The average Bonchev–Trinajstić information content (AvgIpc) is 3.02. The van der Waals surface area contributed by atoms with Gasteiger partial charge in [-0.2, -0.15) is 0 Å². The lowest BCUT2D eigenvalue weighted by Gasteiger charge is -2.34. The summed E-state index contributed by atoms with van der Waals surface area (Å²) < 4.78 is 2.09. The summed E-state index contributed by atoms with van der Waals surface area (Å²) in [6.45, 7) is 4.90. The number of benzene rings is 1. The van der Waals surface area contributed by atoms with Crippen molar-refractivity contribution in [2.45, 2.75) is 25.5 Å². The number of aromatic nitrogens is 2. The SMILES string of the molecule is CN(Cc1nccn1C)CC1CCN(CC(O)c2ccccc2)CC1. The Morgan fingerprint density at radius 1 is 1.24 bits per heavy atom. The van der Waals surface area contributed by atoms with Crippen LogP contribution in [0.1, 0.15) is 30.3 Å². The first-order valence-electron chi connectivity index (χ1n) is 9.22. The molecule has 0 bridgehead atoms. The van der Waals surface area contributed by atoms with Crippen LogP contribution in [0.2, 0.25) is 0 Å². The number of likely N-dealkylation sites (tertiary alicyclic amines) is 1. The Morgan fingerprint density at radius 3 is 2.60 bits per heavy atom. The molecule has 5 nitrogen and oxygen atoms in total. The minimum Gasteiger partial charge on any atom is -0.387 e. The van der Waals surface area contributed by atoms with Crippen LogP contribution in [0.25, 0.3) is 0 Å². The third kappa shape index (κ3) is 5.14. The number of aliphatic hydroxyl groups excluding tert-OH is 1. The van der Waals surface area contributed by atoms with Crippen molar-refractivity contribution in [3.05, 3.63) is 54.1 Å². The number of nitrogens with zero attached hydrogens (tertiary/aromatic N) is 4. The van der Waals surface area contributed by atoms with Crippen LogP contribution in [0.15, 0.2) is 42.7 Å². The molecule has 1 aliphatic rings. The van der Waals surface area contributed by atoms with Gasteiger partial charge in [-0.15, -0.1) is 0 Å². The molecule has 0 saturated carbocycles. The van der Waals surface area contributed by atoms with Crippen molar-refractivity contribution in [2.24, 2.45) is 13.0 Å². The molecule has 5 heteroatoms. The van der Waals surface area contributed by atoms with E-state index in [1.54, 1.807) is 0 Å². The average molecular weight is 342 g/mol. The molecule has 1 aromatic carbocycles. The highest BCUT2D eigenvalue weighted by molar-refractivity contribution is 5.17. The summed E-state index contributed by atoms with van der Waals surface area (Å²) in [4.78, 5) is 9.18. The van der Waals surface area contributed by atoms with Crippen molar-refractivity contribution in [2.75, 3.05) is 33.2 Å². The zero-order valence-corrected chi connectivity index (χ0v) is 15.4. The van der Waals surface area contributed by atoms with Crippen LogP contribution in [0, 0.1) is 5.92 Å². The van der Waals surface area contributed by atoms with Gasteiger partial charge in [-0.05, 0) is 44.5 Å². The summed E-state index contributed by atoms with van der Waals surface area (Å²) in [5.41, 5.74) is 1.01.